The zero-order chi connectivity index (χ0) is 31.1. The van der Waals surface area contributed by atoms with Gasteiger partial charge >= 0.3 is 5.91 Å². The monoisotopic (exact) mass is 641 g/mol. The van der Waals surface area contributed by atoms with E-state index < -0.39 is 38.3 Å². The van der Waals surface area contributed by atoms with Crippen LogP contribution in [0, 0.1) is 10.1 Å². The van der Waals surface area contributed by atoms with E-state index in [4.69, 9.17) is 16.3 Å². The molecule has 220 valence electrons. The van der Waals surface area contributed by atoms with Crippen LogP contribution in [0.4, 0.5) is 10.8 Å². The van der Waals surface area contributed by atoms with Gasteiger partial charge in [0.15, 0.2) is 16.6 Å². The molecule has 0 bridgehead atoms. The number of Topliss-reactive ketones (excluding diaryl/α,β-unsaturated/α-hetero) is 1. The molecule has 3 aromatic carbocycles. The molecule has 0 saturated carbocycles. The molecule has 1 fully saturated rings. The summed E-state index contributed by atoms with van der Waals surface area (Å²) in [6, 6.07) is 13.0. The Kier molecular flexibility index (Phi) is 7.92. The van der Waals surface area contributed by atoms with Gasteiger partial charge in [-0.05, 0) is 61.0 Å². The number of anilines is 1. The highest BCUT2D eigenvalue weighted by Gasteiger charge is 2.48. The van der Waals surface area contributed by atoms with Crippen molar-refractivity contribution in [1.29, 1.82) is 0 Å². The third kappa shape index (κ3) is 5.43. The lowest BCUT2D eigenvalue weighted by Gasteiger charge is -2.23. The zero-order valence-corrected chi connectivity index (χ0v) is 24.4. The molecule has 5 rings (SSSR count). The minimum Gasteiger partial charge on any atom is -0.507 e. The van der Waals surface area contributed by atoms with Gasteiger partial charge in [0, 0.05) is 22.7 Å². The lowest BCUT2D eigenvalue weighted by Crippen LogP contribution is -2.29. The number of carbonyl (C=O) groups excluding carboxylic acids is 2. The van der Waals surface area contributed by atoms with E-state index in [9.17, 15) is 38.3 Å². The van der Waals surface area contributed by atoms with Crippen molar-refractivity contribution in [2.45, 2.75) is 22.1 Å². The maximum Gasteiger partial charge on any atom is 0.301 e. The maximum absolute atomic E-state index is 13.5. The number of benzene rings is 3. The van der Waals surface area contributed by atoms with Crippen LogP contribution in [0.25, 0.3) is 5.76 Å². The fourth-order valence-electron chi connectivity index (χ4n) is 4.43. The number of sulfone groups is 1. The Balaban J connectivity index is 1.65. The largest absolute Gasteiger partial charge is 0.507 e. The number of nitrogens with zero attached hydrogens (tertiary/aromatic N) is 3. The number of nitro groups is 1. The standard InChI is InChI=1S/C28H20ClN3O9S2/c1-2-41-21-13-16(5-12-20(21)33)24-23(25(34)15-3-6-17(29)7-4-15)26(35)27(36)31(24)28-30-14-22(42-28)43(39,40)19-10-8-18(9-11-19)32(37)38/h3-14,24,33-34H,2H2,1H3. The number of rotatable bonds is 8. The summed E-state index contributed by atoms with van der Waals surface area (Å²) in [4.78, 5) is 42.1. The topological polar surface area (TPSA) is 177 Å². The zero-order valence-electron chi connectivity index (χ0n) is 22.0. The average Bonchev–Trinajstić information content (AvgIpc) is 3.58. The van der Waals surface area contributed by atoms with Crippen LogP contribution in [0.1, 0.15) is 24.1 Å². The molecule has 1 amide bonds. The molecule has 1 unspecified atom stereocenters. The summed E-state index contributed by atoms with van der Waals surface area (Å²) >= 11 is 6.57. The number of carbonyl (C=O) groups is 2. The number of phenolic OH excluding ortho intramolecular Hbond substituents is 1. The number of non-ortho nitro benzene ring substituents is 1. The number of aromatic hydroxyl groups is 1. The molecule has 1 aromatic heterocycles. The first-order chi connectivity index (χ1) is 20.4. The minimum absolute atomic E-state index is 0.0534. The number of ether oxygens (including phenoxy) is 1. The molecule has 1 aliphatic heterocycles. The van der Waals surface area contributed by atoms with Gasteiger partial charge in [0.2, 0.25) is 9.84 Å². The first-order valence-corrected chi connectivity index (χ1v) is 15.1. The molecular weight excluding hydrogens is 622 g/mol. The summed E-state index contributed by atoms with van der Waals surface area (Å²) in [5.74, 6) is -2.80. The fraction of sp³-hybridized carbons (Fsp3) is 0.107. The molecule has 43 heavy (non-hydrogen) atoms. The van der Waals surface area contributed by atoms with Crippen molar-refractivity contribution in [3.05, 3.63) is 105 Å². The van der Waals surface area contributed by atoms with Crippen LogP contribution in [-0.2, 0) is 19.4 Å². The maximum atomic E-state index is 13.5. The van der Waals surface area contributed by atoms with Crippen molar-refractivity contribution in [2.75, 3.05) is 11.5 Å². The summed E-state index contributed by atoms with van der Waals surface area (Å²) in [6.07, 6.45) is 1.01. The number of aliphatic hydroxyl groups excluding tert-OH is 1. The number of phenols is 1. The Morgan fingerprint density at radius 1 is 1.12 bits per heavy atom. The third-order valence-corrected chi connectivity index (χ3v) is 9.94. The van der Waals surface area contributed by atoms with Crippen molar-refractivity contribution in [3.63, 3.8) is 0 Å². The summed E-state index contributed by atoms with van der Waals surface area (Å²) in [7, 11) is -4.22. The first-order valence-electron chi connectivity index (χ1n) is 12.4. The summed E-state index contributed by atoms with van der Waals surface area (Å²) < 4.78 is 31.8. The predicted octanol–water partition coefficient (Wildman–Crippen LogP) is 5.27. The van der Waals surface area contributed by atoms with Crippen LogP contribution in [0.5, 0.6) is 11.5 Å². The number of nitro benzene ring substituents is 1. The van der Waals surface area contributed by atoms with Gasteiger partial charge in [-0.25, -0.2) is 13.4 Å². The lowest BCUT2D eigenvalue weighted by molar-refractivity contribution is -0.384. The molecule has 12 nitrogen and oxygen atoms in total. The highest BCUT2D eigenvalue weighted by atomic mass is 35.5. The predicted molar refractivity (Wildman–Crippen MR) is 156 cm³/mol. The Morgan fingerprint density at radius 2 is 1.79 bits per heavy atom. The molecule has 2 heterocycles. The first kappa shape index (κ1) is 29.7. The molecular formula is C28H20ClN3O9S2. The van der Waals surface area contributed by atoms with Crippen LogP contribution < -0.4 is 9.64 Å². The lowest BCUT2D eigenvalue weighted by atomic mass is 9.95. The Bertz CT molecular complexity index is 1900. The molecule has 1 atom stereocenters. The van der Waals surface area contributed by atoms with E-state index in [0.717, 1.165) is 35.4 Å². The van der Waals surface area contributed by atoms with Crippen LogP contribution >= 0.6 is 22.9 Å². The minimum atomic E-state index is -4.22. The van der Waals surface area contributed by atoms with Gasteiger partial charge in [-0.3, -0.25) is 24.6 Å². The van der Waals surface area contributed by atoms with Crippen LogP contribution in [0.15, 0.2) is 87.6 Å². The SMILES string of the molecule is CCOc1cc(C2C(=C(O)c3ccc(Cl)cc3)C(=O)C(=O)N2c2ncc(S(=O)(=O)c3ccc([N+](=O)[O-])cc3)s2)ccc1O. The highest BCUT2D eigenvalue weighted by molar-refractivity contribution is 7.93. The van der Waals surface area contributed by atoms with Crippen LogP contribution in [0.3, 0.4) is 0 Å². The van der Waals surface area contributed by atoms with Gasteiger partial charge in [-0.2, -0.15) is 0 Å². The highest BCUT2D eigenvalue weighted by Crippen LogP contribution is 2.45. The summed E-state index contributed by atoms with van der Waals surface area (Å²) in [5.41, 5.74) is -0.161. The van der Waals surface area contributed by atoms with E-state index >= 15 is 0 Å². The van der Waals surface area contributed by atoms with Gasteiger partial charge in [0.25, 0.3) is 11.5 Å². The number of aromatic nitrogens is 1. The van der Waals surface area contributed by atoms with Crippen LogP contribution in [-0.4, -0.2) is 46.8 Å². The number of hydrogen-bond donors (Lipinski definition) is 2. The molecule has 1 saturated heterocycles. The number of ketones is 1. The van der Waals surface area contributed by atoms with Gasteiger partial charge in [0.05, 0.1) is 34.2 Å². The average molecular weight is 642 g/mol. The van der Waals surface area contributed by atoms with E-state index in [2.05, 4.69) is 4.98 Å². The smallest absolute Gasteiger partial charge is 0.301 e. The summed E-state index contributed by atoms with van der Waals surface area (Å²) in [5, 5.41) is 32.7. The van der Waals surface area contributed by atoms with Gasteiger partial charge in [0.1, 0.15) is 9.97 Å². The van der Waals surface area contributed by atoms with Crippen molar-refractivity contribution >= 4 is 61.0 Å². The molecule has 2 N–H and O–H groups in total. The normalized spacial score (nSPS) is 16.4. The van der Waals surface area contributed by atoms with Crippen molar-refractivity contribution in [1.82, 2.24) is 4.98 Å². The van der Waals surface area contributed by atoms with Gasteiger partial charge in [-0.15, -0.1) is 0 Å². The van der Waals surface area contributed by atoms with Crippen molar-refractivity contribution in [2.24, 2.45) is 0 Å². The van der Waals surface area contributed by atoms with Crippen LogP contribution in [0.2, 0.25) is 5.02 Å². The van der Waals surface area contributed by atoms with Gasteiger partial charge in [-0.1, -0.05) is 29.0 Å². The van der Waals surface area contributed by atoms with Gasteiger partial charge < -0.3 is 14.9 Å². The molecule has 1 aliphatic rings. The number of amides is 1. The second-order valence-electron chi connectivity index (χ2n) is 9.05. The number of halogens is 1. The molecule has 0 radical (unpaired) electrons. The molecule has 0 spiro atoms. The third-order valence-electron chi connectivity index (χ3n) is 6.46. The van der Waals surface area contributed by atoms with E-state index in [1.807, 2.05) is 0 Å². The second-order valence-corrected chi connectivity index (χ2v) is 12.7. The Labute approximate surface area is 253 Å². The molecule has 4 aromatic rings. The fourth-order valence-corrected chi connectivity index (χ4v) is 7.10. The Hall–Kier alpha value is -4.79. The number of thiazole rings is 1. The van der Waals surface area contributed by atoms with Crippen molar-refractivity contribution < 1.29 is 37.9 Å². The summed E-state index contributed by atoms with van der Waals surface area (Å²) in [6.45, 7) is 1.89. The Morgan fingerprint density at radius 3 is 2.42 bits per heavy atom. The quantitative estimate of drug-likeness (QED) is 0.0847. The van der Waals surface area contributed by atoms with E-state index in [0.29, 0.717) is 16.4 Å². The van der Waals surface area contributed by atoms with E-state index in [1.54, 1.807) is 6.92 Å². The molecule has 15 heteroatoms. The number of aliphatic hydroxyl groups is 1. The van der Waals surface area contributed by atoms with Crippen molar-refractivity contribution in [3.8, 4) is 11.5 Å². The number of hydrogen-bond acceptors (Lipinski definition) is 11. The molecule has 0 aliphatic carbocycles. The van der Waals surface area contributed by atoms with E-state index in [1.165, 1.54) is 42.5 Å². The van der Waals surface area contributed by atoms with E-state index in [-0.39, 0.29) is 54.7 Å². The second kappa shape index (κ2) is 11.5.